The molecule has 1 aromatic rings. The Morgan fingerprint density at radius 1 is 1.40 bits per heavy atom. The zero-order chi connectivity index (χ0) is 10.7. The fourth-order valence-corrected chi connectivity index (χ4v) is 2.05. The van der Waals surface area contributed by atoms with Crippen LogP contribution in [0.4, 0.5) is 0 Å². The Balaban J connectivity index is 2.21. The minimum Gasteiger partial charge on any atom is -0.488 e. The molecule has 0 spiro atoms. The lowest BCUT2D eigenvalue weighted by atomic mass is 10.0. The highest BCUT2D eigenvalue weighted by Crippen LogP contribution is 2.37. The number of hydrogen-bond donors (Lipinski definition) is 1. The van der Waals surface area contributed by atoms with Gasteiger partial charge in [-0.3, -0.25) is 0 Å². The van der Waals surface area contributed by atoms with E-state index in [1.807, 2.05) is 18.2 Å². The molecule has 1 N–H and O–H groups in total. The van der Waals surface area contributed by atoms with Crippen molar-refractivity contribution in [3.63, 3.8) is 0 Å². The van der Waals surface area contributed by atoms with Gasteiger partial charge >= 0.3 is 0 Å². The van der Waals surface area contributed by atoms with Gasteiger partial charge in [0.1, 0.15) is 11.9 Å². The van der Waals surface area contributed by atoms with Gasteiger partial charge in [0, 0.05) is 5.56 Å². The van der Waals surface area contributed by atoms with Gasteiger partial charge in [0.15, 0.2) is 0 Å². The number of hydrogen-bond acceptors (Lipinski definition) is 3. The van der Waals surface area contributed by atoms with Gasteiger partial charge in [0.25, 0.3) is 0 Å². The Labute approximate surface area is 90.3 Å². The zero-order valence-corrected chi connectivity index (χ0v) is 9.19. The molecule has 3 heteroatoms. The van der Waals surface area contributed by atoms with Crippen LogP contribution in [0.3, 0.4) is 0 Å². The molecule has 0 aromatic heterocycles. The van der Waals surface area contributed by atoms with Crippen molar-refractivity contribution in [1.82, 2.24) is 5.48 Å². The smallest absolute Gasteiger partial charge is 0.124 e. The van der Waals surface area contributed by atoms with E-state index in [4.69, 9.17) is 9.57 Å². The molecule has 1 aliphatic rings. The van der Waals surface area contributed by atoms with Gasteiger partial charge in [-0.25, -0.2) is 0 Å². The number of para-hydroxylation sites is 1. The molecule has 0 bridgehead atoms. The molecule has 0 aliphatic carbocycles. The second-order valence-corrected chi connectivity index (χ2v) is 3.78. The Morgan fingerprint density at radius 2 is 2.20 bits per heavy atom. The van der Waals surface area contributed by atoms with Gasteiger partial charge in [0.05, 0.1) is 13.2 Å². The molecular formula is C12H17NO2. The molecule has 1 aliphatic heterocycles. The van der Waals surface area contributed by atoms with Gasteiger partial charge < -0.3 is 9.57 Å². The summed E-state index contributed by atoms with van der Waals surface area (Å²) in [5, 5.41) is 0. The van der Waals surface area contributed by atoms with Gasteiger partial charge in [-0.1, -0.05) is 31.5 Å². The lowest BCUT2D eigenvalue weighted by molar-refractivity contribution is 0.0269. The third-order valence-electron chi connectivity index (χ3n) is 2.72. The van der Waals surface area contributed by atoms with Crippen molar-refractivity contribution in [2.24, 2.45) is 0 Å². The Hall–Kier alpha value is -1.06. The number of hydroxylamine groups is 1. The van der Waals surface area contributed by atoms with Crippen LogP contribution in [0.2, 0.25) is 0 Å². The molecule has 2 rings (SSSR count). The first-order valence-corrected chi connectivity index (χ1v) is 5.41. The average Bonchev–Trinajstić information content (AvgIpc) is 2.59. The van der Waals surface area contributed by atoms with Crippen molar-refractivity contribution in [3.05, 3.63) is 29.8 Å². The van der Waals surface area contributed by atoms with Crippen LogP contribution in [0.5, 0.6) is 5.75 Å². The van der Waals surface area contributed by atoms with E-state index in [-0.39, 0.29) is 12.1 Å². The molecule has 1 aromatic carbocycles. The Morgan fingerprint density at radius 3 is 2.93 bits per heavy atom. The minimum absolute atomic E-state index is 0.158. The van der Waals surface area contributed by atoms with E-state index in [1.54, 1.807) is 7.11 Å². The summed E-state index contributed by atoms with van der Waals surface area (Å²) in [4.78, 5) is 5.03. The first-order valence-electron chi connectivity index (χ1n) is 5.41. The fourth-order valence-electron chi connectivity index (χ4n) is 2.05. The maximum atomic E-state index is 5.87. The molecule has 0 radical (unpaired) electrons. The van der Waals surface area contributed by atoms with Gasteiger partial charge in [-0.15, -0.1) is 0 Å². The lowest BCUT2D eigenvalue weighted by Gasteiger charge is -2.18. The van der Waals surface area contributed by atoms with Gasteiger partial charge in [-0.05, 0) is 12.5 Å². The fraction of sp³-hybridized carbons (Fsp3) is 0.500. The summed E-state index contributed by atoms with van der Waals surface area (Å²) in [5.74, 6) is 0.977. The van der Waals surface area contributed by atoms with Crippen molar-refractivity contribution in [2.45, 2.75) is 31.9 Å². The molecule has 1 heterocycles. The predicted molar refractivity (Wildman–Crippen MR) is 58.7 cm³/mol. The normalized spacial score (nSPS) is 23.6. The standard InChI is InChI=1S/C12H17NO2/c1-3-6-11-12(13-14-2)9-7-4-5-8-10(9)15-11/h4-5,7-8,11-13H,3,6H2,1-2H3. The molecule has 82 valence electrons. The van der Waals surface area contributed by atoms with E-state index >= 15 is 0 Å². The summed E-state index contributed by atoms with van der Waals surface area (Å²) in [7, 11) is 1.64. The molecule has 2 atom stereocenters. The van der Waals surface area contributed by atoms with Crippen LogP contribution in [0.25, 0.3) is 0 Å². The van der Waals surface area contributed by atoms with E-state index in [0.717, 1.165) is 18.6 Å². The summed E-state index contributed by atoms with van der Waals surface area (Å²) in [6.45, 7) is 2.16. The third-order valence-corrected chi connectivity index (χ3v) is 2.72. The molecular weight excluding hydrogens is 190 g/mol. The average molecular weight is 207 g/mol. The van der Waals surface area contributed by atoms with Crippen LogP contribution in [-0.2, 0) is 4.84 Å². The minimum atomic E-state index is 0.158. The monoisotopic (exact) mass is 207 g/mol. The summed E-state index contributed by atoms with van der Waals surface area (Å²) >= 11 is 0. The highest BCUT2D eigenvalue weighted by atomic mass is 16.6. The number of fused-ring (bicyclic) bond motifs is 1. The van der Waals surface area contributed by atoms with E-state index in [0.29, 0.717) is 0 Å². The molecule has 0 fully saturated rings. The zero-order valence-electron chi connectivity index (χ0n) is 9.19. The number of benzene rings is 1. The Bertz CT molecular complexity index is 327. The van der Waals surface area contributed by atoms with Crippen molar-refractivity contribution in [1.29, 1.82) is 0 Å². The van der Waals surface area contributed by atoms with Gasteiger partial charge in [0.2, 0.25) is 0 Å². The highest BCUT2D eigenvalue weighted by Gasteiger charge is 2.33. The maximum Gasteiger partial charge on any atom is 0.124 e. The lowest BCUT2D eigenvalue weighted by Crippen LogP contribution is -2.30. The van der Waals surface area contributed by atoms with Crippen molar-refractivity contribution in [2.75, 3.05) is 7.11 Å². The number of rotatable bonds is 4. The van der Waals surface area contributed by atoms with Crippen LogP contribution in [0, 0.1) is 0 Å². The van der Waals surface area contributed by atoms with E-state index in [1.165, 1.54) is 5.56 Å². The van der Waals surface area contributed by atoms with E-state index in [2.05, 4.69) is 18.5 Å². The quantitative estimate of drug-likeness (QED) is 0.769. The van der Waals surface area contributed by atoms with Crippen LogP contribution < -0.4 is 10.2 Å². The van der Waals surface area contributed by atoms with Crippen molar-refractivity contribution < 1.29 is 9.57 Å². The largest absolute Gasteiger partial charge is 0.488 e. The van der Waals surface area contributed by atoms with Crippen LogP contribution in [0.1, 0.15) is 31.4 Å². The van der Waals surface area contributed by atoms with Crippen molar-refractivity contribution in [3.8, 4) is 5.75 Å². The van der Waals surface area contributed by atoms with Gasteiger partial charge in [-0.2, -0.15) is 5.48 Å². The Kier molecular flexibility index (Phi) is 3.23. The van der Waals surface area contributed by atoms with Crippen LogP contribution in [0.15, 0.2) is 24.3 Å². The molecule has 3 nitrogen and oxygen atoms in total. The topological polar surface area (TPSA) is 30.5 Å². The third kappa shape index (κ3) is 1.98. The summed E-state index contributed by atoms with van der Waals surface area (Å²) in [6.07, 6.45) is 2.34. The molecule has 15 heavy (non-hydrogen) atoms. The highest BCUT2D eigenvalue weighted by molar-refractivity contribution is 5.40. The predicted octanol–water partition coefficient (Wildman–Crippen LogP) is 2.44. The summed E-state index contributed by atoms with van der Waals surface area (Å²) in [6, 6.07) is 8.28. The molecule has 0 saturated heterocycles. The second-order valence-electron chi connectivity index (χ2n) is 3.78. The van der Waals surface area contributed by atoms with Crippen LogP contribution >= 0.6 is 0 Å². The summed E-state index contributed by atoms with van der Waals surface area (Å²) < 4.78 is 5.87. The molecule has 2 unspecified atom stereocenters. The van der Waals surface area contributed by atoms with E-state index < -0.39 is 0 Å². The first kappa shape index (κ1) is 10.5. The summed E-state index contributed by atoms with van der Waals surface area (Å²) in [5.41, 5.74) is 4.20. The van der Waals surface area contributed by atoms with Crippen LogP contribution in [-0.4, -0.2) is 13.2 Å². The number of nitrogens with one attached hydrogen (secondary N) is 1. The van der Waals surface area contributed by atoms with E-state index in [9.17, 15) is 0 Å². The molecule has 0 amide bonds. The second kappa shape index (κ2) is 4.64. The SMILES string of the molecule is CCCC1Oc2ccccc2C1NOC. The maximum absolute atomic E-state index is 5.87. The molecule has 0 saturated carbocycles. The van der Waals surface area contributed by atoms with Crippen molar-refractivity contribution >= 4 is 0 Å². The number of ether oxygens (including phenoxy) is 1. The first-order chi connectivity index (χ1) is 7.36.